The molecule has 2 aliphatic rings. The lowest BCUT2D eigenvalue weighted by Crippen LogP contribution is -2.48. The number of Topliss-reactive ketones (excluding diaryl/α,β-unsaturated/α-hetero) is 1. The van der Waals surface area contributed by atoms with Gasteiger partial charge in [0.2, 0.25) is 15.8 Å². The Hall–Kier alpha value is -2.23. The van der Waals surface area contributed by atoms with E-state index in [-0.39, 0.29) is 12.2 Å². The second-order valence-electron chi connectivity index (χ2n) is 6.52. The Balaban J connectivity index is 1.71. The molecule has 7 nitrogen and oxygen atoms in total. The number of fused-ring (bicyclic) bond motifs is 2. The van der Waals surface area contributed by atoms with Crippen LogP contribution in [0.25, 0.3) is 0 Å². The van der Waals surface area contributed by atoms with Crippen LogP contribution in [-0.4, -0.2) is 43.5 Å². The molecule has 2 N–H and O–H groups in total. The van der Waals surface area contributed by atoms with E-state index in [4.69, 9.17) is 0 Å². The minimum Gasteiger partial charge on any atom is -0.374 e. The van der Waals surface area contributed by atoms with Gasteiger partial charge in [-0.15, -0.1) is 11.3 Å². The first kappa shape index (κ1) is 17.2. The molecule has 0 radical (unpaired) electrons. The number of nitrogens with one attached hydrogen (secondary N) is 1. The summed E-state index contributed by atoms with van der Waals surface area (Å²) >= 11 is 1.42. The molecular formula is C17H17N3O4S2. The summed E-state index contributed by atoms with van der Waals surface area (Å²) in [6.07, 6.45) is 1.35. The van der Waals surface area contributed by atoms with Gasteiger partial charge in [-0.3, -0.25) is 9.52 Å². The van der Waals surface area contributed by atoms with E-state index in [1.807, 2.05) is 6.92 Å². The van der Waals surface area contributed by atoms with Crippen molar-refractivity contribution in [2.75, 3.05) is 22.4 Å². The zero-order valence-electron chi connectivity index (χ0n) is 14.2. The van der Waals surface area contributed by atoms with E-state index in [0.29, 0.717) is 28.6 Å². The summed E-state index contributed by atoms with van der Waals surface area (Å²) in [4.78, 5) is 20.1. The third kappa shape index (κ3) is 2.72. The highest BCUT2D eigenvalue weighted by molar-refractivity contribution is 7.92. The molecule has 1 aromatic heterocycles. The van der Waals surface area contributed by atoms with Crippen molar-refractivity contribution < 1.29 is 18.3 Å². The Labute approximate surface area is 155 Å². The van der Waals surface area contributed by atoms with Crippen LogP contribution < -0.4 is 9.62 Å². The maximum atomic E-state index is 12.8. The Morgan fingerprint density at radius 1 is 1.31 bits per heavy atom. The second kappa shape index (κ2) is 5.63. The van der Waals surface area contributed by atoms with Crippen molar-refractivity contribution in [2.45, 2.75) is 18.9 Å². The van der Waals surface area contributed by atoms with Gasteiger partial charge >= 0.3 is 0 Å². The molecule has 0 amide bonds. The van der Waals surface area contributed by atoms with Gasteiger partial charge in [-0.05, 0) is 37.3 Å². The molecule has 136 valence electrons. The summed E-state index contributed by atoms with van der Waals surface area (Å²) in [7, 11) is -3.35. The molecule has 1 saturated heterocycles. The van der Waals surface area contributed by atoms with Crippen LogP contribution in [0, 0.1) is 6.92 Å². The number of sulfonamides is 1. The maximum absolute atomic E-state index is 12.8. The molecule has 2 aromatic rings. The third-order valence-electron chi connectivity index (χ3n) is 4.47. The van der Waals surface area contributed by atoms with Crippen LogP contribution in [0.4, 0.5) is 16.4 Å². The molecule has 1 unspecified atom stereocenters. The quantitative estimate of drug-likeness (QED) is 0.836. The summed E-state index contributed by atoms with van der Waals surface area (Å²) in [5.74, 6) is 0.0281. The summed E-state index contributed by atoms with van der Waals surface area (Å²) in [5.41, 5.74) is 0.0598. The van der Waals surface area contributed by atoms with Crippen molar-refractivity contribution in [1.29, 1.82) is 0 Å². The summed E-state index contributed by atoms with van der Waals surface area (Å²) < 4.78 is 25.0. The Bertz CT molecular complexity index is 1040. The molecule has 9 heteroatoms. The third-order valence-corrected chi connectivity index (χ3v) is 6.02. The van der Waals surface area contributed by atoms with Crippen LogP contribution in [0.15, 0.2) is 35.3 Å². The van der Waals surface area contributed by atoms with Crippen LogP contribution in [0.1, 0.15) is 21.7 Å². The molecule has 1 fully saturated rings. The number of benzene rings is 1. The predicted octanol–water partition coefficient (Wildman–Crippen LogP) is 2.30. The van der Waals surface area contributed by atoms with Gasteiger partial charge in [0.15, 0.2) is 11.4 Å². The number of carbonyl (C=O) groups excluding carboxylic acids is 1. The molecule has 0 aliphatic carbocycles. The van der Waals surface area contributed by atoms with E-state index in [2.05, 4.69) is 9.71 Å². The van der Waals surface area contributed by atoms with E-state index >= 15 is 0 Å². The van der Waals surface area contributed by atoms with Gasteiger partial charge < -0.3 is 10.0 Å². The van der Waals surface area contributed by atoms with Crippen LogP contribution in [0.3, 0.4) is 0 Å². The average molecular weight is 391 g/mol. The number of ketones is 1. The molecule has 1 atom stereocenters. The normalized spacial score (nSPS) is 22.0. The Morgan fingerprint density at radius 3 is 2.65 bits per heavy atom. The van der Waals surface area contributed by atoms with Gasteiger partial charge in [-0.2, -0.15) is 0 Å². The fraction of sp³-hybridized carbons (Fsp3) is 0.294. The number of aliphatic imine (C=N–C) groups is 1. The topological polar surface area (TPSA) is 99.1 Å². The molecule has 2 aliphatic heterocycles. The molecule has 26 heavy (non-hydrogen) atoms. The number of aryl methyl sites for hydroxylation is 1. The average Bonchev–Trinajstić information content (AvgIpc) is 3.08. The first-order chi connectivity index (χ1) is 12.2. The van der Waals surface area contributed by atoms with E-state index < -0.39 is 15.6 Å². The lowest BCUT2D eigenvalue weighted by Gasteiger charge is -2.28. The molecule has 4 rings (SSSR count). The number of amidine groups is 1. The van der Waals surface area contributed by atoms with Crippen molar-refractivity contribution >= 4 is 49.4 Å². The van der Waals surface area contributed by atoms with Gasteiger partial charge in [0, 0.05) is 29.2 Å². The number of carbonyl (C=O) groups is 1. The van der Waals surface area contributed by atoms with E-state index in [9.17, 15) is 18.3 Å². The van der Waals surface area contributed by atoms with Gasteiger partial charge in [0.1, 0.15) is 5.00 Å². The van der Waals surface area contributed by atoms with Crippen LogP contribution >= 0.6 is 11.3 Å². The van der Waals surface area contributed by atoms with Crippen molar-refractivity contribution in [3.63, 3.8) is 0 Å². The zero-order valence-corrected chi connectivity index (χ0v) is 15.8. The molecule has 0 saturated carbocycles. The van der Waals surface area contributed by atoms with Crippen molar-refractivity contribution in [1.82, 2.24) is 0 Å². The lowest BCUT2D eigenvalue weighted by molar-refractivity contribution is 0.0603. The fourth-order valence-electron chi connectivity index (χ4n) is 3.32. The monoisotopic (exact) mass is 391 g/mol. The van der Waals surface area contributed by atoms with Crippen LogP contribution in [-0.2, 0) is 10.0 Å². The summed E-state index contributed by atoms with van der Waals surface area (Å²) in [5, 5.41) is 11.6. The van der Waals surface area contributed by atoms with E-state index in [1.54, 1.807) is 35.2 Å². The highest BCUT2D eigenvalue weighted by Gasteiger charge is 2.52. The van der Waals surface area contributed by atoms with Gasteiger partial charge in [-0.1, -0.05) is 0 Å². The predicted molar refractivity (Wildman–Crippen MR) is 102 cm³/mol. The number of hydrogen-bond donors (Lipinski definition) is 2. The minimum atomic E-state index is -3.35. The number of hydrogen-bond acceptors (Lipinski definition) is 7. The molecule has 3 heterocycles. The van der Waals surface area contributed by atoms with Crippen molar-refractivity contribution in [3.8, 4) is 0 Å². The first-order valence-corrected chi connectivity index (χ1v) is 10.7. The number of nitrogens with zero attached hydrogens (tertiary/aromatic N) is 2. The zero-order chi connectivity index (χ0) is 18.7. The highest BCUT2D eigenvalue weighted by Crippen LogP contribution is 2.43. The number of aliphatic hydroxyl groups is 1. The highest BCUT2D eigenvalue weighted by atomic mass is 32.2. The Morgan fingerprint density at radius 2 is 2.00 bits per heavy atom. The second-order valence-corrected chi connectivity index (χ2v) is 9.51. The van der Waals surface area contributed by atoms with Gasteiger partial charge in [-0.25, -0.2) is 13.4 Å². The largest absolute Gasteiger partial charge is 0.374 e. The standard InChI is InChI=1S/C17H17N3O4S2/c1-10-9-13-14(21)17(22)7-8-20(16(17)18-15(13)25-10)12-5-3-11(4-6-12)19-26(2,23)24/h3-6,9,19,22H,7-8H2,1-2H3. The van der Waals surface area contributed by atoms with Crippen LogP contribution in [0.2, 0.25) is 0 Å². The lowest BCUT2D eigenvalue weighted by atomic mass is 9.90. The number of rotatable bonds is 3. The molecule has 0 bridgehead atoms. The van der Waals surface area contributed by atoms with Crippen molar-refractivity contribution in [2.24, 2.45) is 4.99 Å². The molecule has 1 aromatic carbocycles. The first-order valence-electron chi connectivity index (χ1n) is 7.99. The van der Waals surface area contributed by atoms with Gasteiger partial charge in [0.25, 0.3) is 0 Å². The summed E-state index contributed by atoms with van der Waals surface area (Å²) in [6, 6.07) is 8.52. The minimum absolute atomic E-state index is 0.266. The number of thiophene rings is 1. The van der Waals surface area contributed by atoms with Crippen LogP contribution in [0.5, 0.6) is 0 Å². The van der Waals surface area contributed by atoms with Gasteiger partial charge in [0.05, 0.1) is 11.8 Å². The Kier molecular flexibility index (Phi) is 3.73. The molecular weight excluding hydrogens is 374 g/mol. The maximum Gasteiger partial charge on any atom is 0.229 e. The molecule has 0 spiro atoms. The summed E-state index contributed by atoms with van der Waals surface area (Å²) in [6.45, 7) is 2.36. The van der Waals surface area contributed by atoms with E-state index in [0.717, 1.165) is 16.8 Å². The van der Waals surface area contributed by atoms with E-state index in [1.165, 1.54) is 11.3 Å². The SMILES string of the molecule is Cc1cc2c(s1)N=C1N(c3ccc(NS(C)(=O)=O)cc3)CCC1(O)C2=O. The smallest absolute Gasteiger partial charge is 0.229 e. The fourth-order valence-corrected chi connectivity index (χ4v) is 4.76. The van der Waals surface area contributed by atoms with Crippen molar-refractivity contribution in [3.05, 3.63) is 40.8 Å². The number of anilines is 2.